The van der Waals surface area contributed by atoms with Crippen molar-refractivity contribution in [2.24, 2.45) is 0 Å². The molecule has 0 fully saturated rings. The lowest BCUT2D eigenvalue weighted by Gasteiger charge is -2.37. The molecule has 0 unspecified atom stereocenters. The van der Waals surface area contributed by atoms with Crippen LogP contribution in [0, 0.1) is 0 Å². The molecule has 0 aromatic heterocycles. The third kappa shape index (κ3) is 4.19. The van der Waals surface area contributed by atoms with Crippen molar-refractivity contribution in [3.63, 3.8) is 0 Å². The SMILES string of the molecule is CCOC(=O)C1=C(C)N(c2ccccc2)C(=S)N[C@H]1c1ccc(O)c(OCC)c1. The van der Waals surface area contributed by atoms with E-state index in [9.17, 15) is 9.90 Å². The summed E-state index contributed by atoms with van der Waals surface area (Å²) in [6, 6.07) is 14.1. The van der Waals surface area contributed by atoms with Gasteiger partial charge in [0.15, 0.2) is 16.6 Å². The smallest absolute Gasteiger partial charge is 0.338 e. The van der Waals surface area contributed by atoms with Crippen molar-refractivity contribution in [3.8, 4) is 11.5 Å². The van der Waals surface area contributed by atoms with Gasteiger partial charge in [-0.3, -0.25) is 4.90 Å². The summed E-state index contributed by atoms with van der Waals surface area (Å²) in [5, 5.41) is 13.8. The van der Waals surface area contributed by atoms with Crippen molar-refractivity contribution in [3.05, 3.63) is 65.4 Å². The number of carbonyl (C=O) groups excluding carboxylic acids is 1. The van der Waals surface area contributed by atoms with E-state index in [1.807, 2.05) is 49.1 Å². The monoisotopic (exact) mass is 412 g/mol. The minimum Gasteiger partial charge on any atom is -0.504 e. The molecule has 1 aliphatic heterocycles. The van der Waals surface area contributed by atoms with Crippen LogP contribution >= 0.6 is 12.2 Å². The summed E-state index contributed by atoms with van der Waals surface area (Å²) in [4.78, 5) is 14.7. The van der Waals surface area contributed by atoms with E-state index >= 15 is 0 Å². The average Bonchev–Trinajstić information content (AvgIpc) is 2.70. The predicted octanol–water partition coefficient (Wildman–Crippen LogP) is 4.06. The Hall–Kier alpha value is -3.06. The van der Waals surface area contributed by atoms with Crippen LogP contribution in [0.4, 0.5) is 5.69 Å². The van der Waals surface area contributed by atoms with E-state index in [-0.39, 0.29) is 12.4 Å². The zero-order chi connectivity index (χ0) is 21.0. The number of phenolic OH excluding ortho intramolecular Hbond substituents is 1. The molecule has 0 bridgehead atoms. The normalized spacial score (nSPS) is 16.4. The first-order chi connectivity index (χ1) is 14.0. The standard InChI is InChI=1S/C22H24N2O4S/c1-4-27-18-13-15(11-12-17(18)25)20-19(21(26)28-5-2)14(3)24(22(29)23-20)16-9-7-6-8-10-16/h6-13,20,25H,4-5H2,1-3H3,(H,23,29)/t20-/m0/s1. The number of carbonyl (C=O) groups is 1. The molecule has 2 aromatic rings. The minimum absolute atomic E-state index is 0.0401. The lowest BCUT2D eigenvalue weighted by Crippen LogP contribution is -2.48. The van der Waals surface area contributed by atoms with Gasteiger partial charge in [-0.25, -0.2) is 4.79 Å². The summed E-state index contributed by atoms with van der Waals surface area (Å²) in [5.41, 5.74) is 2.74. The number of thiocarbonyl (C=S) groups is 1. The van der Waals surface area contributed by atoms with Gasteiger partial charge in [0.05, 0.1) is 24.8 Å². The van der Waals surface area contributed by atoms with Gasteiger partial charge in [0, 0.05) is 11.4 Å². The molecule has 0 aliphatic carbocycles. The van der Waals surface area contributed by atoms with E-state index in [1.54, 1.807) is 25.1 Å². The number of benzene rings is 2. The van der Waals surface area contributed by atoms with Gasteiger partial charge in [-0.1, -0.05) is 24.3 Å². The van der Waals surface area contributed by atoms with E-state index in [2.05, 4.69) is 5.32 Å². The van der Waals surface area contributed by atoms with Crippen molar-refractivity contribution >= 4 is 29.0 Å². The molecule has 2 aromatic carbocycles. The summed E-state index contributed by atoms with van der Waals surface area (Å²) < 4.78 is 10.8. The van der Waals surface area contributed by atoms with Gasteiger partial charge >= 0.3 is 5.97 Å². The summed E-state index contributed by atoms with van der Waals surface area (Å²) in [5.74, 6) is -0.0284. The van der Waals surface area contributed by atoms with Crippen LogP contribution in [-0.2, 0) is 9.53 Å². The third-order valence-electron chi connectivity index (χ3n) is 4.61. The lowest BCUT2D eigenvalue weighted by molar-refractivity contribution is -0.139. The van der Waals surface area contributed by atoms with E-state index in [0.717, 1.165) is 11.3 Å². The van der Waals surface area contributed by atoms with Crippen LogP contribution < -0.4 is 15.0 Å². The van der Waals surface area contributed by atoms with Crippen LogP contribution in [0.5, 0.6) is 11.5 Å². The fraction of sp³-hybridized carbons (Fsp3) is 0.273. The predicted molar refractivity (Wildman–Crippen MR) is 116 cm³/mol. The second-order valence-corrected chi connectivity index (χ2v) is 6.82. The van der Waals surface area contributed by atoms with Crippen LogP contribution in [0.2, 0.25) is 0 Å². The molecular formula is C22H24N2O4S. The maximum absolute atomic E-state index is 12.9. The van der Waals surface area contributed by atoms with E-state index in [0.29, 0.717) is 28.7 Å². The van der Waals surface area contributed by atoms with Crippen LogP contribution in [-0.4, -0.2) is 29.4 Å². The maximum Gasteiger partial charge on any atom is 0.338 e. The molecule has 0 spiro atoms. The zero-order valence-corrected chi connectivity index (χ0v) is 17.5. The number of esters is 1. The number of ether oxygens (including phenoxy) is 2. The molecule has 3 rings (SSSR count). The molecule has 0 radical (unpaired) electrons. The lowest BCUT2D eigenvalue weighted by atomic mass is 9.94. The molecule has 2 N–H and O–H groups in total. The molecule has 29 heavy (non-hydrogen) atoms. The fourth-order valence-electron chi connectivity index (χ4n) is 3.34. The van der Waals surface area contributed by atoms with Crippen molar-refractivity contribution in [1.29, 1.82) is 0 Å². The number of rotatable bonds is 6. The summed E-state index contributed by atoms with van der Waals surface area (Å²) >= 11 is 5.63. The molecule has 0 saturated carbocycles. The fourth-order valence-corrected chi connectivity index (χ4v) is 3.70. The number of aromatic hydroxyl groups is 1. The average molecular weight is 413 g/mol. The molecule has 7 heteroatoms. The molecule has 1 atom stereocenters. The van der Waals surface area contributed by atoms with Crippen LogP contribution in [0.25, 0.3) is 0 Å². The maximum atomic E-state index is 12.9. The van der Waals surface area contributed by atoms with Gasteiger partial charge in [0.25, 0.3) is 0 Å². The first-order valence-corrected chi connectivity index (χ1v) is 9.88. The number of hydrogen-bond acceptors (Lipinski definition) is 5. The number of anilines is 1. The summed E-state index contributed by atoms with van der Waals surface area (Å²) in [6.07, 6.45) is 0. The van der Waals surface area contributed by atoms with E-state index in [1.165, 1.54) is 0 Å². The second kappa shape index (κ2) is 8.96. The Morgan fingerprint density at radius 2 is 1.90 bits per heavy atom. The molecule has 6 nitrogen and oxygen atoms in total. The second-order valence-electron chi connectivity index (χ2n) is 6.43. The molecule has 1 aliphatic rings. The Morgan fingerprint density at radius 1 is 1.17 bits per heavy atom. The number of nitrogens with zero attached hydrogens (tertiary/aromatic N) is 1. The van der Waals surface area contributed by atoms with Crippen LogP contribution in [0.1, 0.15) is 32.4 Å². The highest BCUT2D eigenvalue weighted by atomic mass is 32.1. The number of phenols is 1. The first kappa shape index (κ1) is 20.7. The van der Waals surface area contributed by atoms with Gasteiger partial charge in [-0.2, -0.15) is 0 Å². The Labute approximate surface area is 175 Å². The quantitative estimate of drug-likeness (QED) is 0.548. The van der Waals surface area contributed by atoms with E-state index < -0.39 is 12.0 Å². The minimum atomic E-state index is -0.527. The highest BCUT2D eigenvalue weighted by Crippen LogP contribution is 2.37. The number of para-hydroxylation sites is 1. The van der Waals surface area contributed by atoms with Gasteiger partial charge in [-0.15, -0.1) is 0 Å². The first-order valence-electron chi connectivity index (χ1n) is 9.47. The highest BCUT2D eigenvalue weighted by molar-refractivity contribution is 7.80. The summed E-state index contributed by atoms with van der Waals surface area (Å²) in [7, 11) is 0. The topological polar surface area (TPSA) is 71.0 Å². The molecule has 1 heterocycles. The Bertz CT molecular complexity index is 943. The van der Waals surface area contributed by atoms with E-state index in [4.69, 9.17) is 21.7 Å². The number of nitrogens with one attached hydrogen (secondary N) is 1. The Kier molecular flexibility index (Phi) is 6.39. The highest BCUT2D eigenvalue weighted by Gasteiger charge is 2.35. The molecule has 0 amide bonds. The third-order valence-corrected chi connectivity index (χ3v) is 4.91. The molecule has 0 saturated heterocycles. The zero-order valence-electron chi connectivity index (χ0n) is 16.6. The van der Waals surface area contributed by atoms with Gasteiger partial charge < -0.3 is 19.9 Å². The number of hydrogen-bond donors (Lipinski definition) is 2. The summed E-state index contributed by atoms with van der Waals surface area (Å²) in [6.45, 7) is 6.13. The van der Waals surface area contributed by atoms with Crippen molar-refractivity contribution < 1.29 is 19.4 Å². The van der Waals surface area contributed by atoms with Crippen molar-refractivity contribution in [2.45, 2.75) is 26.8 Å². The Morgan fingerprint density at radius 3 is 2.55 bits per heavy atom. The number of allylic oxidation sites excluding steroid dienone is 1. The van der Waals surface area contributed by atoms with Crippen molar-refractivity contribution in [2.75, 3.05) is 18.1 Å². The van der Waals surface area contributed by atoms with Crippen LogP contribution in [0.3, 0.4) is 0 Å². The van der Waals surface area contributed by atoms with Gasteiger partial charge in [0.2, 0.25) is 0 Å². The largest absolute Gasteiger partial charge is 0.504 e. The van der Waals surface area contributed by atoms with Gasteiger partial charge in [-0.05, 0) is 62.8 Å². The molecule has 152 valence electrons. The van der Waals surface area contributed by atoms with Gasteiger partial charge in [0.1, 0.15) is 0 Å². The molecular weight excluding hydrogens is 388 g/mol. The Balaban J connectivity index is 2.12. The van der Waals surface area contributed by atoms with Crippen LogP contribution in [0.15, 0.2) is 59.8 Å². The van der Waals surface area contributed by atoms with Crippen molar-refractivity contribution in [1.82, 2.24) is 5.32 Å².